The Balaban J connectivity index is 3.50. The van der Waals surface area contributed by atoms with E-state index < -0.39 is 23.7 Å². The molecule has 0 saturated carbocycles. The number of ether oxygens (including phenoxy) is 2. The predicted molar refractivity (Wildman–Crippen MR) is 85.5 cm³/mol. The van der Waals surface area contributed by atoms with Crippen LogP contribution in [0.1, 0.15) is 20.3 Å². The van der Waals surface area contributed by atoms with Gasteiger partial charge in [0.15, 0.2) is 0 Å². The summed E-state index contributed by atoms with van der Waals surface area (Å²) in [6, 6.07) is 3.85. The van der Waals surface area contributed by atoms with Gasteiger partial charge in [-0.3, -0.25) is 4.79 Å². The second kappa shape index (κ2) is 8.28. The number of amides is 1. The number of alkyl halides is 3. The van der Waals surface area contributed by atoms with Crippen molar-refractivity contribution in [2.45, 2.75) is 32.1 Å². The molecule has 0 aliphatic heterocycles. The summed E-state index contributed by atoms with van der Waals surface area (Å²) < 4.78 is 51.0. The van der Waals surface area contributed by atoms with Crippen LogP contribution in [-0.2, 0) is 14.3 Å². The van der Waals surface area contributed by atoms with E-state index in [9.17, 15) is 22.8 Å². The van der Waals surface area contributed by atoms with E-state index in [4.69, 9.17) is 16.3 Å². The molecule has 6 nitrogen and oxygen atoms in total. The summed E-state index contributed by atoms with van der Waals surface area (Å²) in [7, 11) is 1.23. The number of anilines is 1. The normalized spacial score (nSPS) is 13.6. The van der Waals surface area contributed by atoms with Gasteiger partial charge in [0.25, 0.3) is 0 Å². The van der Waals surface area contributed by atoms with Gasteiger partial charge in [-0.05, 0) is 25.1 Å². The first-order valence-corrected chi connectivity index (χ1v) is 7.65. The van der Waals surface area contributed by atoms with Crippen LogP contribution in [0.4, 0.5) is 18.9 Å². The quantitative estimate of drug-likeness (QED) is 0.559. The van der Waals surface area contributed by atoms with Gasteiger partial charge in [-0.1, -0.05) is 18.5 Å². The Kier molecular flexibility index (Phi) is 6.92. The molecule has 1 atom stereocenters. The minimum absolute atomic E-state index is 0.00642. The van der Waals surface area contributed by atoms with Gasteiger partial charge < -0.3 is 20.1 Å². The molecular weight excluding hydrogens is 365 g/mol. The van der Waals surface area contributed by atoms with Gasteiger partial charge in [-0.15, -0.1) is 0 Å². The first-order valence-electron chi connectivity index (χ1n) is 7.28. The number of esters is 1. The van der Waals surface area contributed by atoms with Gasteiger partial charge in [0, 0.05) is 11.4 Å². The molecule has 0 aliphatic rings. The van der Waals surface area contributed by atoms with Crippen molar-refractivity contribution in [1.29, 1.82) is 0 Å². The third-order valence-corrected chi connectivity index (χ3v) is 3.37. The van der Waals surface area contributed by atoms with E-state index in [-0.39, 0.29) is 29.5 Å². The Morgan fingerprint density at radius 1 is 1.24 bits per heavy atom. The number of carbonyl (C=O) groups excluding carboxylic acids is 2. The minimum atomic E-state index is -5.21. The van der Waals surface area contributed by atoms with Crippen LogP contribution in [0.15, 0.2) is 18.2 Å². The predicted octanol–water partition coefficient (Wildman–Crippen LogP) is 3.11. The molecule has 10 heteroatoms. The van der Waals surface area contributed by atoms with Crippen LogP contribution in [0.2, 0.25) is 5.02 Å². The molecule has 0 aromatic heterocycles. The molecule has 0 aliphatic carbocycles. The Morgan fingerprint density at radius 3 is 2.36 bits per heavy atom. The van der Waals surface area contributed by atoms with Gasteiger partial charge in [0.1, 0.15) is 5.75 Å². The number of carbonyl (C=O) groups is 2. The van der Waals surface area contributed by atoms with Gasteiger partial charge in [0.2, 0.25) is 5.91 Å². The first kappa shape index (κ1) is 20.9. The lowest BCUT2D eigenvalue weighted by atomic mass is 10.1. The number of halogens is 4. The van der Waals surface area contributed by atoms with Crippen molar-refractivity contribution in [3.05, 3.63) is 23.2 Å². The largest absolute Gasteiger partial charge is 0.495 e. The molecule has 0 bridgehead atoms. The van der Waals surface area contributed by atoms with Crippen LogP contribution in [-0.4, -0.2) is 37.4 Å². The standard InChI is InChI=1S/C15H18ClF3N2O4/c1-4-12(22)21-14(15(17,18)19,13(23)25-5-2)20-10-8-9(16)6-7-11(10)24-3/h6-8,20H,4-5H2,1-3H3,(H,21,22)/t14-/m1/s1. The minimum Gasteiger partial charge on any atom is -0.495 e. The van der Waals surface area contributed by atoms with Crippen LogP contribution in [0.3, 0.4) is 0 Å². The van der Waals surface area contributed by atoms with E-state index in [1.165, 1.54) is 33.1 Å². The highest BCUT2D eigenvalue weighted by molar-refractivity contribution is 6.31. The maximum absolute atomic E-state index is 13.8. The van der Waals surface area contributed by atoms with Crippen molar-refractivity contribution in [2.24, 2.45) is 0 Å². The average molecular weight is 383 g/mol. The Hall–Kier alpha value is -2.16. The lowest BCUT2D eigenvalue weighted by molar-refractivity contribution is -0.207. The number of rotatable bonds is 7. The molecule has 0 spiro atoms. The van der Waals surface area contributed by atoms with Crippen LogP contribution >= 0.6 is 11.6 Å². The molecule has 1 aromatic rings. The van der Waals surface area contributed by atoms with Crippen molar-refractivity contribution in [2.75, 3.05) is 19.0 Å². The van der Waals surface area contributed by atoms with E-state index in [2.05, 4.69) is 4.74 Å². The zero-order chi connectivity index (χ0) is 19.3. The summed E-state index contributed by atoms with van der Waals surface area (Å²) in [6.45, 7) is 2.38. The highest BCUT2D eigenvalue weighted by Crippen LogP contribution is 2.37. The van der Waals surface area contributed by atoms with Gasteiger partial charge in [0.05, 0.1) is 19.4 Å². The summed E-state index contributed by atoms with van der Waals surface area (Å²) in [6.07, 6.45) is -5.48. The average Bonchev–Trinajstić information content (AvgIpc) is 2.53. The van der Waals surface area contributed by atoms with Gasteiger partial charge in [-0.25, -0.2) is 4.79 Å². The summed E-state index contributed by atoms with van der Waals surface area (Å²) in [5, 5.41) is 3.78. The SMILES string of the molecule is CCOC(=O)[C@](NC(=O)CC)(Nc1cc(Cl)ccc1OC)C(F)(F)F. The van der Waals surface area contributed by atoms with E-state index in [1.54, 1.807) is 5.32 Å². The summed E-state index contributed by atoms with van der Waals surface area (Å²) >= 11 is 5.81. The number of benzene rings is 1. The van der Waals surface area contributed by atoms with E-state index >= 15 is 0 Å². The molecule has 0 saturated heterocycles. The zero-order valence-corrected chi connectivity index (χ0v) is 14.5. The maximum Gasteiger partial charge on any atom is 0.441 e. The molecule has 2 N–H and O–H groups in total. The molecule has 0 heterocycles. The summed E-state index contributed by atoms with van der Waals surface area (Å²) in [4.78, 5) is 23.8. The fourth-order valence-corrected chi connectivity index (χ4v) is 2.08. The third-order valence-electron chi connectivity index (χ3n) is 3.14. The van der Waals surface area contributed by atoms with Crippen molar-refractivity contribution in [3.8, 4) is 5.75 Å². The topological polar surface area (TPSA) is 76.7 Å². The van der Waals surface area contributed by atoms with Crippen LogP contribution in [0.25, 0.3) is 0 Å². The van der Waals surface area contributed by atoms with E-state index in [0.717, 1.165) is 6.07 Å². The molecule has 140 valence electrons. The Labute approximate surface area is 147 Å². The van der Waals surface area contributed by atoms with Crippen LogP contribution in [0, 0.1) is 0 Å². The molecule has 1 rings (SSSR count). The first-order chi connectivity index (χ1) is 11.6. The fraction of sp³-hybridized carbons (Fsp3) is 0.467. The lowest BCUT2D eigenvalue weighted by Crippen LogP contribution is -2.69. The molecular formula is C15H18ClF3N2O4. The second-order valence-corrected chi connectivity index (χ2v) is 5.28. The molecule has 1 aromatic carbocycles. The number of methoxy groups -OCH3 is 1. The zero-order valence-electron chi connectivity index (χ0n) is 13.8. The maximum atomic E-state index is 13.8. The summed E-state index contributed by atoms with van der Waals surface area (Å²) in [5.74, 6) is -2.71. The van der Waals surface area contributed by atoms with Crippen molar-refractivity contribution in [1.82, 2.24) is 5.32 Å². The van der Waals surface area contributed by atoms with Gasteiger partial charge in [-0.2, -0.15) is 13.2 Å². The van der Waals surface area contributed by atoms with Crippen molar-refractivity contribution >= 4 is 29.2 Å². The molecule has 0 radical (unpaired) electrons. The molecule has 0 fully saturated rings. The van der Waals surface area contributed by atoms with E-state index in [1.807, 2.05) is 5.32 Å². The number of hydrogen-bond donors (Lipinski definition) is 2. The molecule has 25 heavy (non-hydrogen) atoms. The number of hydrogen-bond acceptors (Lipinski definition) is 5. The van der Waals surface area contributed by atoms with Crippen LogP contribution < -0.4 is 15.4 Å². The Bertz CT molecular complexity index is 640. The highest BCUT2D eigenvalue weighted by atomic mass is 35.5. The lowest BCUT2D eigenvalue weighted by Gasteiger charge is -2.35. The van der Waals surface area contributed by atoms with E-state index in [0.29, 0.717) is 0 Å². The molecule has 1 amide bonds. The number of nitrogens with one attached hydrogen (secondary N) is 2. The molecule has 0 unspecified atom stereocenters. The summed E-state index contributed by atoms with van der Waals surface area (Å²) in [5.41, 5.74) is -3.73. The van der Waals surface area contributed by atoms with Gasteiger partial charge >= 0.3 is 17.8 Å². The monoisotopic (exact) mass is 382 g/mol. The second-order valence-electron chi connectivity index (χ2n) is 4.84. The smallest absolute Gasteiger partial charge is 0.441 e. The third kappa shape index (κ3) is 4.68. The fourth-order valence-electron chi connectivity index (χ4n) is 1.91. The van der Waals surface area contributed by atoms with Crippen molar-refractivity contribution in [3.63, 3.8) is 0 Å². The van der Waals surface area contributed by atoms with Crippen molar-refractivity contribution < 1.29 is 32.2 Å². The van der Waals surface area contributed by atoms with Crippen LogP contribution in [0.5, 0.6) is 5.75 Å². The highest BCUT2D eigenvalue weighted by Gasteiger charge is 2.63. The Morgan fingerprint density at radius 2 is 1.88 bits per heavy atom.